The van der Waals surface area contributed by atoms with Crippen molar-refractivity contribution in [1.29, 1.82) is 0 Å². The molecule has 1 fully saturated rings. The van der Waals surface area contributed by atoms with E-state index in [1.165, 1.54) is 13.3 Å². The maximum absolute atomic E-state index is 13.2. The third-order valence-corrected chi connectivity index (χ3v) is 5.19. The predicted molar refractivity (Wildman–Crippen MR) is 117 cm³/mol. The number of nitrogens with zero attached hydrogens (tertiary/aromatic N) is 3. The Morgan fingerprint density at radius 2 is 1.85 bits per heavy atom. The molecule has 1 aromatic heterocycles. The Bertz CT molecular complexity index is 950. The normalized spacial score (nSPS) is 14.2. The molecule has 0 atom stereocenters. The Kier molecular flexibility index (Phi) is 8.36. The number of para-hydroxylation sites is 1. The van der Waals surface area contributed by atoms with Crippen molar-refractivity contribution in [3.63, 3.8) is 0 Å². The Morgan fingerprint density at radius 1 is 1.12 bits per heavy atom. The van der Waals surface area contributed by atoms with Crippen molar-refractivity contribution in [3.05, 3.63) is 53.3 Å². The maximum Gasteiger partial charge on any atom is 0.409 e. The summed E-state index contributed by atoms with van der Waals surface area (Å²) < 4.78 is 35.9. The minimum Gasteiger partial charge on any atom is -0.453 e. The van der Waals surface area contributed by atoms with Crippen molar-refractivity contribution in [2.75, 3.05) is 38.6 Å². The van der Waals surface area contributed by atoms with Crippen LogP contribution in [0.1, 0.15) is 16.8 Å². The number of benzene rings is 1. The number of carbonyl (C=O) groups excluding carboxylic acids is 2. The van der Waals surface area contributed by atoms with Gasteiger partial charge in [0.1, 0.15) is 5.75 Å². The summed E-state index contributed by atoms with van der Waals surface area (Å²) in [5.74, 6) is 0.0419. The van der Waals surface area contributed by atoms with Gasteiger partial charge in [-0.15, -0.1) is 0 Å². The molecule has 1 saturated heterocycles. The lowest BCUT2D eigenvalue weighted by molar-refractivity contribution is -0.0515. The molecule has 0 unspecified atom stereocenters. The van der Waals surface area contributed by atoms with Crippen LogP contribution in [0.15, 0.2) is 36.5 Å². The molecule has 0 bridgehead atoms. The number of aromatic nitrogens is 1. The fourth-order valence-corrected chi connectivity index (χ4v) is 3.49. The highest BCUT2D eigenvalue weighted by atomic mass is 19.3. The van der Waals surface area contributed by atoms with Crippen molar-refractivity contribution in [2.45, 2.75) is 26.6 Å². The van der Waals surface area contributed by atoms with E-state index in [9.17, 15) is 18.4 Å². The van der Waals surface area contributed by atoms with Crippen LogP contribution in [0.25, 0.3) is 0 Å². The van der Waals surface area contributed by atoms with Crippen molar-refractivity contribution < 1.29 is 27.8 Å². The SMILES string of the molecule is COC(=O)N1CCN(Cc2cccc(CNC(=O)Nc3ccc(C)nc3)c2OC(F)F)CC1. The standard InChI is InChI=1S/C22H27F2N5O4/c1-15-6-7-18(13-25-15)27-21(30)26-12-16-4-3-5-17(19(16)33-20(23)24)14-28-8-10-29(11-9-28)22(31)32-2/h3-7,13,20H,8-12,14H2,1-2H3,(H2,26,27,30). The minimum atomic E-state index is -3.01. The number of amides is 3. The summed E-state index contributed by atoms with van der Waals surface area (Å²) in [6.45, 7) is 1.29. The van der Waals surface area contributed by atoms with Gasteiger partial charge in [-0.25, -0.2) is 9.59 Å². The van der Waals surface area contributed by atoms with E-state index in [1.54, 1.807) is 35.2 Å². The highest BCUT2D eigenvalue weighted by molar-refractivity contribution is 5.89. The van der Waals surface area contributed by atoms with Crippen LogP contribution in [0.2, 0.25) is 0 Å². The van der Waals surface area contributed by atoms with Gasteiger partial charge in [0.05, 0.1) is 19.0 Å². The molecular formula is C22H27F2N5O4. The van der Waals surface area contributed by atoms with Crippen LogP contribution < -0.4 is 15.4 Å². The second kappa shape index (κ2) is 11.4. The van der Waals surface area contributed by atoms with E-state index >= 15 is 0 Å². The van der Waals surface area contributed by atoms with Crippen LogP contribution in [-0.2, 0) is 17.8 Å². The van der Waals surface area contributed by atoms with Gasteiger partial charge in [0.25, 0.3) is 0 Å². The number of alkyl halides is 2. The number of piperazine rings is 1. The van der Waals surface area contributed by atoms with Gasteiger partial charge < -0.3 is 25.0 Å². The predicted octanol–water partition coefficient (Wildman–Crippen LogP) is 3.20. The van der Waals surface area contributed by atoms with Crippen molar-refractivity contribution >= 4 is 17.8 Å². The van der Waals surface area contributed by atoms with Gasteiger partial charge in [-0.2, -0.15) is 8.78 Å². The minimum absolute atomic E-state index is 0.00284. The third kappa shape index (κ3) is 7.01. The molecule has 0 saturated carbocycles. The molecule has 2 aromatic rings. The van der Waals surface area contributed by atoms with Crippen LogP contribution in [0.4, 0.5) is 24.1 Å². The molecular weight excluding hydrogens is 436 g/mol. The number of carbonyl (C=O) groups is 2. The molecule has 33 heavy (non-hydrogen) atoms. The van der Waals surface area contributed by atoms with Crippen molar-refractivity contribution in [2.24, 2.45) is 0 Å². The van der Waals surface area contributed by atoms with E-state index in [2.05, 4.69) is 15.6 Å². The molecule has 1 aliphatic heterocycles. The Labute approximate surface area is 190 Å². The van der Waals surface area contributed by atoms with Crippen LogP contribution in [0, 0.1) is 6.92 Å². The van der Waals surface area contributed by atoms with E-state index in [4.69, 9.17) is 9.47 Å². The molecule has 9 nitrogen and oxygen atoms in total. The van der Waals surface area contributed by atoms with Crippen molar-refractivity contribution in [1.82, 2.24) is 20.1 Å². The van der Waals surface area contributed by atoms with Crippen LogP contribution in [0.3, 0.4) is 0 Å². The lowest BCUT2D eigenvalue weighted by Crippen LogP contribution is -2.48. The van der Waals surface area contributed by atoms with Gasteiger partial charge in [-0.1, -0.05) is 18.2 Å². The second-order valence-corrected chi connectivity index (χ2v) is 7.51. The number of pyridine rings is 1. The molecule has 0 radical (unpaired) electrons. The lowest BCUT2D eigenvalue weighted by atomic mass is 10.1. The highest BCUT2D eigenvalue weighted by Gasteiger charge is 2.23. The smallest absolute Gasteiger partial charge is 0.409 e. The Balaban J connectivity index is 1.64. The van der Waals surface area contributed by atoms with Crippen LogP contribution >= 0.6 is 0 Å². The largest absolute Gasteiger partial charge is 0.453 e. The van der Waals surface area contributed by atoms with E-state index in [-0.39, 0.29) is 18.4 Å². The number of ether oxygens (including phenoxy) is 2. The number of anilines is 1. The summed E-state index contributed by atoms with van der Waals surface area (Å²) in [5, 5.41) is 5.30. The Morgan fingerprint density at radius 3 is 2.48 bits per heavy atom. The average Bonchev–Trinajstić information content (AvgIpc) is 2.80. The summed E-state index contributed by atoms with van der Waals surface area (Å²) in [7, 11) is 1.33. The zero-order chi connectivity index (χ0) is 23.8. The van der Waals surface area contributed by atoms with E-state index in [0.717, 1.165) is 5.69 Å². The highest BCUT2D eigenvalue weighted by Crippen LogP contribution is 2.28. The first-order valence-corrected chi connectivity index (χ1v) is 10.4. The Hall–Kier alpha value is -3.47. The molecule has 2 N–H and O–H groups in total. The van der Waals surface area contributed by atoms with Crippen molar-refractivity contribution in [3.8, 4) is 5.75 Å². The maximum atomic E-state index is 13.2. The van der Waals surface area contributed by atoms with Gasteiger partial charge >= 0.3 is 18.7 Å². The summed E-state index contributed by atoms with van der Waals surface area (Å²) in [6.07, 6.45) is 1.14. The zero-order valence-corrected chi connectivity index (χ0v) is 18.5. The number of rotatable bonds is 7. The van der Waals surface area contributed by atoms with Gasteiger partial charge in [0.15, 0.2) is 0 Å². The number of methoxy groups -OCH3 is 1. The van der Waals surface area contributed by atoms with E-state index in [1.807, 2.05) is 11.8 Å². The molecule has 3 amide bonds. The molecule has 0 spiro atoms. The molecule has 3 rings (SSSR count). The quantitative estimate of drug-likeness (QED) is 0.655. The average molecular weight is 463 g/mol. The fourth-order valence-electron chi connectivity index (χ4n) is 3.49. The summed E-state index contributed by atoms with van der Waals surface area (Å²) in [4.78, 5) is 31.6. The van der Waals surface area contributed by atoms with Gasteiger partial charge in [-0.05, 0) is 19.1 Å². The van der Waals surface area contributed by atoms with E-state index < -0.39 is 12.6 Å². The fraction of sp³-hybridized carbons (Fsp3) is 0.409. The monoisotopic (exact) mass is 463 g/mol. The number of urea groups is 1. The number of aryl methyl sites for hydroxylation is 1. The van der Waals surface area contributed by atoms with Crippen LogP contribution in [-0.4, -0.2) is 66.8 Å². The van der Waals surface area contributed by atoms with Gasteiger partial charge in [-0.3, -0.25) is 9.88 Å². The number of hydrogen-bond donors (Lipinski definition) is 2. The molecule has 178 valence electrons. The van der Waals surface area contributed by atoms with Crippen LogP contribution in [0.5, 0.6) is 5.75 Å². The van der Waals surface area contributed by atoms with E-state index in [0.29, 0.717) is 49.5 Å². The number of hydrogen-bond acceptors (Lipinski definition) is 6. The molecule has 1 aliphatic rings. The first-order chi connectivity index (χ1) is 15.9. The molecule has 0 aliphatic carbocycles. The number of halogens is 2. The summed E-state index contributed by atoms with van der Waals surface area (Å²) in [6, 6.07) is 8.06. The summed E-state index contributed by atoms with van der Waals surface area (Å²) in [5.41, 5.74) is 2.34. The lowest BCUT2D eigenvalue weighted by Gasteiger charge is -2.34. The molecule has 11 heteroatoms. The molecule has 2 heterocycles. The topological polar surface area (TPSA) is 96.0 Å². The second-order valence-electron chi connectivity index (χ2n) is 7.51. The number of nitrogens with one attached hydrogen (secondary N) is 2. The summed E-state index contributed by atoms with van der Waals surface area (Å²) >= 11 is 0. The third-order valence-electron chi connectivity index (χ3n) is 5.19. The first kappa shape index (κ1) is 24.2. The van der Waals surface area contributed by atoms with Gasteiger partial charge in [0.2, 0.25) is 0 Å². The first-order valence-electron chi connectivity index (χ1n) is 10.4. The van der Waals surface area contributed by atoms with Gasteiger partial charge in [0, 0.05) is 56.1 Å². The molecule has 1 aromatic carbocycles. The zero-order valence-electron chi connectivity index (χ0n) is 18.5.